The Morgan fingerprint density at radius 3 is 1.09 bits per heavy atom. The zero-order valence-corrected chi connectivity index (χ0v) is 59.4. The predicted octanol–water partition coefficient (Wildman–Crippen LogP) is 26.0. The highest BCUT2D eigenvalue weighted by molar-refractivity contribution is 6.31. The van der Waals surface area contributed by atoms with E-state index in [0.717, 1.165) is 56.5 Å². The molecule has 0 spiro atoms. The number of nitrogens with zero attached hydrogens (tertiary/aromatic N) is 9. The molecule has 7 heterocycles. The molecule has 1 aliphatic rings. The summed E-state index contributed by atoms with van der Waals surface area (Å²) >= 11 is 6.14. The van der Waals surface area contributed by atoms with Crippen LogP contribution in [-0.4, -0.2) is 43.3 Å². The van der Waals surface area contributed by atoms with Gasteiger partial charge in [-0.1, -0.05) is 292 Å². The molecule has 0 saturated carbocycles. The van der Waals surface area contributed by atoms with Crippen molar-refractivity contribution in [3.05, 3.63) is 368 Å². The molecule has 0 atom stereocenters. The maximum atomic E-state index is 6.14. The lowest BCUT2D eigenvalue weighted by Crippen LogP contribution is -2.01. The number of benzene rings is 16. The Morgan fingerprint density at radius 2 is 0.573 bits per heavy atom. The maximum absolute atomic E-state index is 6.14. The largest absolute Gasteiger partial charge is 0.309 e. The molecule has 0 aliphatic heterocycles. The van der Waals surface area contributed by atoms with Crippen LogP contribution in [0, 0.1) is 0 Å². The molecule has 1 aliphatic carbocycles. The van der Waals surface area contributed by atoms with Crippen LogP contribution in [0.25, 0.3) is 205 Å². The summed E-state index contributed by atoms with van der Waals surface area (Å²) < 4.78 is 7.37. The Kier molecular flexibility index (Phi) is 15.0. The van der Waals surface area contributed by atoms with E-state index in [9.17, 15) is 0 Å². The number of aromatic nitrogens is 9. The fourth-order valence-corrected chi connectivity index (χ4v) is 17.2. The second kappa shape index (κ2) is 25.8. The van der Waals surface area contributed by atoms with Crippen molar-refractivity contribution in [2.75, 3.05) is 0 Å². The van der Waals surface area contributed by atoms with Crippen LogP contribution in [0.2, 0.25) is 5.02 Å². The first kappa shape index (κ1) is 64.2. The Labute approximate surface area is 637 Å². The molecular weight excluding hydrogens is 1360 g/mol. The van der Waals surface area contributed by atoms with Crippen molar-refractivity contribution in [1.29, 1.82) is 0 Å². The van der Waals surface area contributed by atoms with Gasteiger partial charge >= 0.3 is 0 Å². The van der Waals surface area contributed by atoms with Crippen LogP contribution in [0.4, 0.5) is 0 Å². The number of halogens is 1. The van der Waals surface area contributed by atoms with Crippen molar-refractivity contribution in [3.63, 3.8) is 0 Å². The molecular formula is C100H64ClN9. The molecule has 10 heteroatoms. The van der Waals surface area contributed by atoms with E-state index in [1.807, 2.05) is 146 Å². The van der Waals surface area contributed by atoms with Crippen molar-refractivity contribution < 1.29 is 0 Å². The van der Waals surface area contributed by atoms with Crippen LogP contribution in [0.1, 0.15) is 18.6 Å². The summed E-state index contributed by atoms with van der Waals surface area (Å²) in [4.78, 5) is 29.1. The van der Waals surface area contributed by atoms with Gasteiger partial charge in [-0.15, -0.1) is 0 Å². The van der Waals surface area contributed by atoms with Crippen LogP contribution < -0.4 is 0 Å². The molecule has 0 radical (unpaired) electrons. The normalized spacial score (nSPS) is 11.9. The zero-order chi connectivity index (χ0) is 71.8. The molecule has 16 aromatic carbocycles. The lowest BCUT2D eigenvalue weighted by atomic mass is 9.99. The third-order valence-electron chi connectivity index (χ3n) is 21.9. The van der Waals surface area contributed by atoms with Gasteiger partial charge in [-0.25, -0.2) is 29.9 Å². The van der Waals surface area contributed by atoms with Gasteiger partial charge in [0.2, 0.25) is 0 Å². The highest BCUT2D eigenvalue weighted by Gasteiger charge is 2.26. The van der Waals surface area contributed by atoms with Crippen LogP contribution in [0.15, 0.2) is 352 Å². The van der Waals surface area contributed by atoms with E-state index in [0.29, 0.717) is 40.0 Å². The van der Waals surface area contributed by atoms with Crippen LogP contribution >= 0.6 is 11.6 Å². The Morgan fingerprint density at radius 1 is 0.227 bits per heavy atom. The number of para-hydroxylation sites is 4. The second-order valence-electron chi connectivity index (χ2n) is 28.2. The summed E-state index contributed by atoms with van der Waals surface area (Å²) in [6.45, 7) is 0. The second-order valence-corrected chi connectivity index (χ2v) is 28.7. The lowest BCUT2D eigenvalue weighted by molar-refractivity contribution is 1.07. The highest BCUT2D eigenvalue weighted by atomic mass is 35.5. The third-order valence-corrected chi connectivity index (χ3v) is 22.1. The summed E-state index contributed by atoms with van der Waals surface area (Å²) in [5, 5.41) is 18.7. The van der Waals surface area contributed by atoms with E-state index in [1.54, 1.807) is 0 Å². The Bertz CT molecular complexity index is 7460. The van der Waals surface area contributed by atoms with E-state index in [4.69, 9.17) is 26.6 Å². The first-order chi connectivity index (χ1) is 53.9. The van der Waals surface area contributed by atoms with Crippen molar-refractivity contribution in [3.8, 4) is 85.1 Å². The minimum Gasteiger partial charge on any atom is -0.309 e. The van der Waals surface area contributed by atoms with Gasteiger partial charge in [0.1, 0.15) is 0 Å². The highest BCUT2D eigenvalue weighted by Crippen LogP contribution is 2.48. The fourth-order valence-electron chi connectivity index (χ4n) is 17.0. The Hall–Kier alpha value is -14.3. The summed E-state index contributed by atoms with van der Waals surface area (Å²) in [6, 6.07) is 124. The Balaban J connectivity index is 0.000000115. The first-order valence-electron chi connectivity index (χ1n) is 36.8. The molecule has 0 saturated heterocycles. The van der Waals surface area contributed by atoms with Crippen molar-refractivity contribution >= 4 is 131 Å². The minimum absolute atomic E-state index is 0. The monoisotopic (exact) mass is 1430 g/mol. The maximum Gasteiger partial charge on any atom is 0.164 e. The number of hydrogen-bond acceptors (Lipinski definition) is 6. The van der Waals surface area contributed by atoms with Gasteiger partial charge in [0, 0.05) is 98.0 Å². The van der Waals surface area contributed by atoms with Gasteiger partial charge < -0.3 is 13.4 Å². The first-order valence-corrected chi connectivity index (χ1v) is 37.2. The average molecular weight is 1430 g/mol. The van der Waals surface area contributed by atoms with Gasteiger partial charge in [-0.3, -0.25) is 0 Å². The summed E-state index contributed by atoms with van der Waals surface area (Å²) in [6.07, 6.45) is 1.02. The van der Waals surface area contributed by atoms with E-state index < -0.39 is 0 Å². The molecule has 0 bridgehead atoms. The van der Waals surface area contributed by atoms with Gasteiger partial charge in [0.05, 0.1) is 44.1 Å². The van der Waals surface area contributed by atoms with Crippen molar-refractivity contribution in [1.82, 2.24) is 43.3 Å². The predicted molar refractivity (Wildman–Crippen MR) is 457 cm³/mol. The number of fused-ring (bicyclic) bond motifs is 20. The quantitative estimate of drug-likeness (QED) is 0.158. The molecule has 9 nitrogen and oxygen atoms in total. The molecule has 0 amide bonds. The van der Waals surface area contributed by atoms with Gasteiger partial charge in [0.25, 0.3) is 0 Å². The van der Waals surface area contributed by atoms with Crippen LogP contribution in [-0.2, 0) is 6.42 Å². The van der Waals surface area contributed by atoms with E-state index >= 15 is 0 Å². The third kappa shape index (κ3) is 10.5. The lowest BCUT2D eigenvalue weighted by Gasteiger charge is -2.12. The standard InChI is InChI=1S/C49H29N5.C29H17N.C21H14ClN3.CH4/c1-3-13-30(14-4-1)47-50-48(31-15-5-2-6-16-31)52-49(51-47)34-19-11-20-35(25-34)53-43-27-33-18-8-7-17-32(33)26-39(43)41-28-40-38-23-12-22-37-36-21-9-10-24-42(36)54(46(37)38)45(40)29-44(41)53;1-2-7-18-14-24-19(12-17(18)6-1)13-20-15-28-26(16-25(20)24)23-10-5-9-22-21-8-3-4-11-27(21)30(28)29(22)23;22-18-13-7-12-17(14-18)21-24-19(15-8-3-1-4-9-15)23-20(25-21)16-10-5-2-6-11-16;/h1-29H;1-12,14-16H,13H2;1-14H;1H4. The van der Waals surface area contributed by atoms with Crippen LogP contribution in [0.5, 0.6) is 0 Å². The van der Waals surface area contributed by atoms with E-state index in [2.05, 4.69) is 235 Å². The molecule has 23 aromatic rings. The average Bonchev–Trinajstić information content (AvgIpc) is 1.53. The zero-order valence-electron chi connectivity index (χ0n) is 58.6. The van der Waals surface area contributed by atoms with Gasteiger partial charge in [-0.05, 0) is 129 Å². The van der Waals surface area contributed by atoms with Gasteiger partial charge in [0.15, 0.2) is 34.9 Å². The van der Waals surface area contributed by atoms with Crippen molar-refractivity contribution in [2.24, 2.45) is 0 Å². The fraction of sp³-hybridized carbons (Fsp3) is 0.0200. The van der Waals surface area contributed by atoms with E-state index in [-0.39, 0.29) is 7.43 Å². The summed E-state index contributed by atoms with van der Waals surface area (Å²) in [5.41, 5.74) is 22.3. The topological polar surface area (TPSA) is 91.1 Å². The minimum atomic E-state index is 0. The molecule has 0 unspecified atom stereocenters. The molecule has 0 fully saturated rings. The number of hydrogen-bond donors (Lipinski definition) is 0. The SMILES string of the molecule is C.Clc1cccc(-c2nc(-c3ccccc3)nc(-c3ccccc3)n2)c1.c1ccc(-c2nc(-c3ccccc3)nc(-c3cccc(-n4c5cc6ccccc6cc5c5cc6c7cccc8c9ccccc9n(c6cc54)c87)c3)n2)cc1.c1ccc2cc3c(cc2c1)Cc1cc2c(cc1-3)c1cccc3c4ccccc4n2c31. The molecule has 7 aromatic heterocycles. The summed E-state index contributed by atoms with van der Waals surface area (Å²) in [7, 11) is 0. The van der Waals surface area contributed by atoms with Crippen LogP contribution in [0.3, 0.4) is 0 Å². The van der Waals surface area contributed by atoms with Crippen molar-refractivity contribution in [2.45, 2.75) is 13.8 Å². The molecule has 24 rings (SSSR count). The smallest absolute Gasteiger partial charge is 0.164 e. The van der Waals surface area contributed by atoms with Gasteiger partial charge in [-0.2, -0.15) is 0 Å². The number of rotatable bonds is 7. The molecule has 516 valence electrons. The molecule has 110 heavy (non-hydrogen) atoms. The van der Waals surface area contributed by atoms with E-state index in [1.165, 1.54) is 131 Å². The molecule has 0 N–H and O–H groups in total. The summed E-state index contributed by atoms with van der Waals surface area (Å²) in [5.74, 6) is 3.82.